The number of ketones is 1. The number of carbonyl (C=O) groups is 1. The second-order valence-corrected chi connectivity index (χ2v) is 11.7. The molecule has 0 amide bonds. The summed E-state index contributed by atoms with van der Waals surface area (Å²) in [4.78, 5) is 12.2. The fraction of sp³-hybridized carbons (Fsp3) is 0.438. The molecule has 2 saturated carbocycles. The number of nitrogens with zero attached hydrogens (tertiary/aromatic N) is 1. The van der Waals surface area contributed by atoms with E-state index in [2.05, 4.69) is 49.4 Å². The fourth-order valence-electron chi connectivity index (χ4n) is 7.97. The molecule has 0 heterocycles. The van der Waals surface area contributed by atoms with E-state index in [9.17, 15) is 9.90 Å². The molecule has 2 fully saturated rings. The van der Waals surface area contributed by atoms with Gasteiger partial charge in [-0.1, -0.05) is 61.0 Å². The van der Waals surface area contributed by atoms with Gasteiger partial charge in [0.2, 0.25) is 0 Å². The maximum Gasteiger partial charge on any atom is 0.155 e. The topological polar surface area (TPSA) is 61.1 Å². The van der Waals surface area contributed by atoms with E-state index in [1.165, 1.54) is 11.1 Å². The van der Waals surface area contributed by atoms with Gasteiger partial charge >= 0.3 is 0 Å². The fourth-order valence-corrected chi connectivity index (χ4v) is 7.97. The third kappa shape index (κ3) is 3.46. The van der Waals surface area contributed by atoms with Crippen LogP contribution in [0.25, 0.3) is 11.1 Å². The van der Waals surface area contributed by atoms with Crippen LogP contribution in [0.2, 0.25) is 0 Å². The summed E-state index contributed by atoms with van der Waals surface area (Å²) in [6.45, 7) is 4.28. The highest BCUT2D eigenvalue weighted by Gasteiger charge is 2.61. The van der Waals surface area contributed by atoms with Gasteiger partial charge in [0.05, 0.1) is 17.2 Å². The molecule has 4 aliphatic carbocycles. The predicted octanol–water partition coefficient (Wildman–Crippen LogP) is 6.59. The Balaban J connectivity index is 1.39. The lowest BCUT2D eigenvalue weighted by atomic mass is 9.46. The van der Waals surface area contributed by atoms with Crippen LogP contribution in [0.1, 0.15) is 63.0 Å². The van der Waals surface area contributed by atoms with E-state index >= 15 is 0 Å². The van der Waals surface area contributed by atoms with Gasteiger partial charge in [-0.15, -0.1) is 0 Å². The Kier molecular flexibility index (Phi) is 5.17. The lowest BCUT2D eigenvalue weighted by Gasteiger charge is -2.58. The van der Waals surface area contributed by atoms with Crippen molar-refractivity contribution in [3.05, 3.63) is 83.5 Å². The zero-order chi connectivity index (χ0) is 24.4. The first-order valence-electron chi connectivity index (χ1n) is 13.1. The van der Waals surface area contributed by atoms with E-state index in [0.717, 1.165) is 36.8 Å². The van der Waals surface area contributed by atoms with Crippen molar-refractivity contribution in [3.8, 4) is 17.2 Å². The van der Waals surface area contributed by atoms with Crippen molar-refractivity contribution in [3.63, 3.8) is 0 Å². The monoisotopic (exact) mass is 463 g/mol. The molecular formula is C32H33NO2. The summed E-state index contributed by atoms with van der Waals surface area (Å²) >= 11 is 0. The zero-order valence-electron chi connectivity index (χ0n) is 20.6. The third-order valence-corrected chi connectivity index (χ3v) is 10.0. The van der Waals surface area contributed by atoms with Crippen LogP contribution in [0.3, 0.4) is 0 Å². The molecule has 1 N–H and O–H groups in total. The lowest BCUT2D eigenvalue weighted by molar-refractivity contribution is -0.117. The standard InChI is InChI=1S/C32H33NO2/c1-31-18-28(23-9-7-22(8-10-23)21-5-3-20(19-33)4-6-21)30-26-14-12-25(34)17-24(26)11-13-27(30)29(31)15-16-32(31,2)35/h3-10,15-17,26-30,35H,11-14,18H2,1-2H3/t26?,27?,28-,29?,30?,31+,32+/m1/s1. The molecule has 4 unspecified atom stereocenters. The first-order valence-corrected chi connectivity index (χ1v) is 13.1. The van der Waals surface area contributed by atoms with Crippen molar-refractivity contribution < 1.29 is 9.90 Å². The third-order valence-electron chi connectivity index (χ3n) is 10.0. The van der Waals surface area contributed by atoms with Crippen LogP contribution in [-0.4, -0.2) is 16.5 Å². The largest absolute Gasteiger partial charge is 0.385 e. The Hall–Kier alpha value is -2.96. The van der Waals surface area contributed by atoms with Crippen molar-refractivity contribution in [2.75, 3.05) is 0 Å². The predicted molar refractivity (Wildman–Crippen MR) is 137 cm³/mol. The molecule has 6 rings (SSSR count). The minimum Gasteiger partial charge on any atom is -0.385 e. The second kappa shape index (κ2) is 8.04. The van der Waals surface area contributed by atoms with E-state index in [-0.39, 0.29) is 5.41 Å². The van der Waals surface area contributed by atoms with Crippen LogP contribution in [0, 0.1) is 40.4 Å². The molecule has 4 aliphatic rings. The number of aliphatic hydroxyl groups is 1. The molecule has 0 spiro atoms. The molecule has 35 heavy (non-hydrogen) atoms. The number of benzene rings is 2. The van der Waals surface area contributed by atoms with Gasteiger partial charge in [0.25, 0.3) is 0 Å². The molecule has 0 aromatic heterocycles. The highest BCUT2D eigenvalue weighted by Crippen LogP contribution is 2.66. The van der Waals surface area contributed by atoms with E-state index in [1.54, 1.807) is 0 Å². The van der Waals surface area contributed by atoms with Gasteiger partial charge < -0.3 is 5.11 Å². The normalized spacial score (nSPS) is 37.6. The van der Waals surface area contributed by atoms with Gasteiger partial charge in [-0.3, -0.25) is 4.79 Å². The average molecular weight is 464 g/mol. The molecule has 3 nitrogen and oxygen atoms in total. The van der Waals surface area contributed by atoms with Gasteiger partial charge in [-0.25, -0.2) is 0 Å². The van der Waals surface area contributed by atoms with E-state index in [1.807, 2.05) is 37.3 Å². The molecule has 7 atom stereocenters. The van der Waals surface area contributed by atoms with E-state index < -0.39 is 5.60 Å². The number of rotatable bonds is 2. The van der Waals surface area contributed by atoms with Gasteiger partial charge in [-0.05, 0) is 97.1 Å². The number of carbonyl (C=O) groups excluding carboxylic acids is 1. The SMILES string of the molecule is C[C@]1(O)C=CC2C3CCC4=CC(=O)CCC4C3[C@@H](c3ccc(-c4ccc(C#N)cc4)cc3)C[C@@]21C. The summed E-state index contributed by atoms with van der Waals surface area (Å²) in [5.74, 6) is 2.53. The van der Waals surface area contributed by atoms with Gasteiger partial charge in [-0.2, -0.15) is 5.26 Å². The molecule has 2 aromatic rings. The van der Waals surface area contributed by atoms with E-state index in [0.29, 0.717) is 47.4 Å². The van der Waals surface area contributed by atoms with Crippen molar-refractivity contribution in [1.82, 2.24) is 0 Å². The zero-order valence-corrected chi connectivity index (χ0v) is 20.6. The van der Waals surface area contributed by atoms with Gasteiger partial charge in [0, 0.05) is 11.8 Å². The first kappa shape index (κ1) is 22.5. The first-order chi connectivity index (χ1) is 16.8. The number of allylic oxidation sites excluding steroid dienone is 3. The number of hydrogen-bond acceptors (Lipinski definition) is 3. The van der Waals surface area contributed by atoms with Crippen molar-refractivity contribution in [2.24, 2.45) is 29.1 Å². The maximum absolute atomic E-state index is 12.2. The highest BCUT2D eigenvalue weighted by atomic mass is 16.3. The molecule has 0 bridgehead atoms. The quantitative estimate of drug-likeness (QED) is 0.511. The van der Waals surface area contributed by atoms with Crippen molar-refractivity contribution in [1.29, 1.82) is 5.26 Å². The average Bonchev–Trinajstić information content (AvgIpc) is 3.11. The van der Waals surface area contributed by atoms with Gasteiger partial charge in [0.15, 0.2) is 5.78 Å². The van der Waals surface area contributed by atoms with Crippen LogP contribution in [0.5, 0.6) is 0 Å². The van der Waals surface area contributed by atoms with Crippen molar-refractivity contribution in [2.45, 2.75) is 57.5 Å². The number of hydrogen-bond donors (Lipinski definition) is 1. The molecule has 3 heteroatoms. The Bertz CT molecular complexity index is 1260. The van der Waals surface area contributed by atoms with Crippen molar-refractivity contribution >= 4 is 5.78 Å². The summed E-state index contributed by atoms with van der Waals surface area (Å²) in [6, 6.07) is 18.9. The Morgan fingerprint density at radius 2 is 1.63 bits per heavy atom. The van der Waals surface area contributed by atoms with E-state index in [4.69, 9.17) is 5.26 Å². The van der Waals surface area contributed by atoms with Gasteiger partial charge in [0.1, 0.15) is 0 Å². The number of fused-ring (bicyclic) bond motifs is 5. The minimum atomic E-state index is -0.804. The number of nitriles is 1. The maximum atomic E-state index is 12.2. The van der Waals surface area contributed by atoms with Crippen LogP contribution in [0.4, 0.5) is 0 Å². The smallest absolute Gasteiger partial charge is 0.155 e. The molecule has 0 saturated heterocycles. The molecule has 2 aromatic carbocycles. The summed E-state index contributed by atoms with van der Waals surface area (Å²) in [5.41, 5.74) is 4.67. The van der Waals surface area contributed by atoms with Crippen LogP contribution in [-0.2, 0) is 4.79 Å². The minimum absolute atomic E-state index is 0.184. The molecule has 0 radical (unpaired) electrons. The van der Waals surface area contributed by atoms with Crippen LogP contribution >= 0.6 is 0 Å². The summed E-state index contributed by atoms with van der Waals surface area (Å²) < 4.78 is 0. The summed E-state index contributed by atoms with van der Waals surface area (Å²) in [7, 11) is 0. The highest BCUT2D eigenvalue weighted by molar-refractivity contribution is 5.91. The Labute approximate surface area is 208 Å². The van der Waals surface area contributed by atoms with Crippen LogP contribution in [0.15, 0.2) is 72.3 Å². The Morgan fingerprint density at radius 1 is 0.943 bits per heavy atom. The summed E-state index contributed by atoms with van der Waals surface area (Å²) in [6.07, 6.45) is 11.0. The molecule has 0 aliphatic heterocycles. The summed E-state index contributed by atoms with van der Waals surface area (Å²) in [5, 5.41) is 20.5. The molecular weight excluding hydrogens is 430 g/mol. The van der Waals surface area contributed by atoms with Crippen LogP contribution < -0.4 is 0 Å². The molecule has 178 valence electrons. The lowest BCUT2D eigenvalue weighted by Crippen LogP contribution is -2.54. The Morgan fingerprint density at radius 3 is 2.31 bits per heavy atom. The second-order valence-electron chi connectivity index (χ2n) is 11.7.